The Kier molecular flexibility index (Phi) is 12.3. The van der Waals surface area contributed by atoms with Crippen LogP contribution in [0.15, 0.2) is 156 Å². The lowest BCUT2D eigenvalue weighted by molar-refractivity contribution is -0.139. The summed E-state index contributed by atoms with van der Waals surface area (Å²) >= 11 is 0. The van der Waals surface area contributed by atoms with E-state index in [9.17, 15) is 29.4 Å². The quantitative estimate of drug-likeness (QED) is 0.114. The number of amides is 4. The van der Waals surface area contributed by atoms with Gasteiger partial charge in [-0.25, -0.2) is 10.0 Å². The summed E-state index contributed by atoms with van der Waals surface area (Å²) in [6.07, 6.45) is 4.90. The molecular weight excluding hydrogens is 781 g/mol. The minimum absolute atomic E-state index is 0.0138. The van der Waals surface area contributed by atoms with Crippen LogP contribution in [0.25, 0.3) is 0 Å². The summed E-state index contributed by atoms with van der Waals surface area (Å²) in [6, 6.07) is 41.3. The molecule has 2 atom stereocenters. The lowest BCUT2D eigenvalue weighted by atomic mass is 9.82. The lowest BCUT2D eigenvalue weighted by Gasteiger charge is -2.29. The van der Waals surface area contributed by atoms with Gasteiger partial charge in [0.15, 0.2) is 5.60 Å². The van der Waals surface area contributed by atoms with Crippen LogP contribution in [0.5, 0.6) is 0 Å². The predicted octanol–water partition coefficient (Wildman–Crippen LogP) is 7.09. The maximum Gasteiger partial charge on any atom is 0.264 e. The molecule has 0 radical (unpaired) electrons. The number of fused-ring (bicyclic) bond motifs is 1. The Balaban J connectivity index is 1.08. The van der Waals surface area contributed by atoms with Gasteiger partial charge in [0.1, 0.15) is 0 Å². The molecule has 3 heterocycles. The standard InChI is InChI=1S/C50H48N6O6/c1-35(12-11-19-46(58)53(30-31-57)33-36-13-5-2-6-14-36)50(62)42-32-41(56-48(60)29-26-44(52-56)39-17-9-4-10-18-39)24-27-45(42)54(49(50)61)34-37-20-22-40(23-21-37)55-47(59)28-25-43(51-55)38-15-7-3-8-16-38/h2-18,20-24,27,32,35,57,62H,19,25-26,28-31,33-34H2,1H3/b12-11+/t35-,50+/m0/s1. The molecule has 62 heavy (non-hydrogen) atoms. The van der Waals surface area contributed by atoms with Crippen molar-refractivity contribution in [2.45, 2.75) is 57.7 Å². The molecule has 4 amide bonds. The van der Waals surface area contributed by atoms with Crippen molar-refractivity contribution in [2.75, 3.05) is 28.1 Å². The number of rotatable bonds is 14. The van der Waals surface area contributed by atoms with E-state index in [-0.39, 0.29) is 50.3 Å². The molecule has 0 aromatic heterocycles. The molecule has 0 saturated carbocycles. The van der Waals surface area contributed by atoms with E-state index in [1.54, 1.807) is 54.3 Å². The number of carbonyl (C=O) groups is 4. The number of aliphatic hydroxyl groups excluding tert-OH is 1. The number of hydrogen-bond acceptors (Lipinski definition) is 8. The van der Waals surface area contributed by atoms with Crippen LogP contribution in [0.4, 0.5) is 17.1 Å². The minimum Gasteiger partial charge on any atom is -0.395 e. The SMILES string of the molecule is C[C@@H](/C=C/CC(=O)N(CCO)Cc1ccccc1)[C@]1(O)C(=O)N(Cc2ccc(N3N=C(c4ccccc4)CCC3=O)cc2)c2ccc(N3N=C(c4ccccc4)CCC3=O)cc21. The fourth-order valence-corrected chi connectivity index (χ4v) is 8.19. The van der Waals surface area contributed by atoms with Gasteiger partial charge in [-0.05, 0) is 52.6 Å². The van der Waals surface area contributed by atoms with Gasteiger partial charge in [-0.15, -0.1) is 0 Å². The van der Waals surface area contributed by atoms with Crippen LogP contribution in [0.1, 0.15) is 66.8 Å². The number of benzene rings is 5. The zero-order valence-electron chi connectivity index (χ0n) is 34.5. The average molecular weight is 829 g/mol. The van der Waals surface area contributed by atoms with Crippen LogP contribution in [-0.2, 0) is 37.9 Å². The second kappa shape index (κ2) is 18.3. The monoisotopic (exact) mass is 828 g/mol. The molecule has 3 aliphatic rings. The fourth-order valence-electron chi connectivity index (χ4n) is 8.19. The second-order valence-corrected chi connectivity index (χ2v) is 15.7. The topological polar surface area (TPSA) is 146 Å². The lowest BCUT2D eigenvalue weighted by Crippen LogP contribution is -2.44. The van der Waals surface area contributed by atoms with Gasteiger partial charge < -0.3 is 20.0 Å². The highest BCUT2D eigenvalue weighted by atomic mass is 16.3. The Morgan fingerprint density at radius 3 is 1.85 bits per heavy atom. The largest absolute Gasteiger partial charge is 0.395 e. The molecule has 0 fully saturated rings. The number of hydrogen-bond donors (Lipinski definition) is 2. The first-order chi connectivity index (χ1) is 30.1. The Morgan fingerprint density at radius 1 is 0.726 bits per heavy atom. The molecule has 0 saturated heterocycles. The van der Waals surface area contributed by atoms with Gasteiger partial charge in [-0.2, -0.15) is 10.2 Å². The molecule has 0 unspecified atom stereocenters. The molecule has 5 aromatic carbocycles. The van der Waals surface area contributed by atoms with E-state index in [2.05, 4.69) is 5.10 Å². The Bertz CT molecular complexity index is 2540. The highest BCUT2D eigenvalue weighted by molar-refractivity contribution is 6.11. The molecule has 0 spiro atoms. The Hall–Kier alpha value is -7.02. The summed E-state index contributed by atoms with van der Waals surface area (Å²) in [4.78, 5) is 57.6. The van der Waals surface area contributed by atoms with Gasteiger partial charge in [0.25, 0.3) is 5.91 Å². The highest BCUT2D eigenvalue weighted by Gasteiger charge is 2.53. The van der Waals surface area contributed by atoms with Gasteiger partial charge in [0.2, 0.25) is 17.7 Å². The third kappa shape index (κ3) is 8.60. The van der Waals surface area contributed by atoms with Crippen LogP contribution in [-0.4, -0.2) is 63.3 Å². The number of carbonyl (C=O) groups excluding carboxylic acids is 4. The van der Waals surface area contributed by atoms with Crippen molar-refractivity contribution in [3.05, 3.63) is 173 Å². The molecule has 12 heteroatoms. The second-order valence-electron chi connectivity index (χ2n) is 15.7. The summed E-state index contributed by atoms with van der Waals surface area (Å²) < 4.78 is 0. The summed E-state index contributed by atoms with van der Waals surface area (Å²) in [5.74, 6) is -1.92. The average Bonchev–Trinajstić information content (AvgIpc) is 3.52. The Morgan fingerprint density at radius 2 is 1.27 bits per heavy atom. The van der Waals surface area contributed by atoms with Crippen molar-refractivity contribution in [3.8, 4) is 0 Å². The first-order valence-electron chi connectivity index (χ1n) is 20.9. The number of hydrazone groups is 2. The summed E-state index contributed by atoms with van der Waals surface area (Å²) in [6.45, 7) is 2.12. The molecule has 5 aromatic rings. The van der Waals surface area contributed by atoms with Crippen LogP contribution >= 0.6 is 0 Å². The van der Waals surface area contributed by atoms with E-state index in [0.717, 1.165) is 33.7 Å². The van der Waals surface area contributed by atoms with Crippen molar-refractivity contribution in [2.24, 2.45) is 16.1 Å². The van der Waals surface area contributed by atoms with Crippen molar-refractivity contribution in [3.63, 3.8) is 0 Å². The third-order valence-electron chi connectivity index (χ3n) is 11.6. The van der Waals surface area contributed by atoms with E-state index in [1.165, 1.54) is 14.9 Å². The van der Waals surface area contributed by atoms with Gasteiger partial charge >= 0.3 is 0 Å². The van der Waals surface area contributed by atoms with Crippen LogP contribution < -0.4 is 14.9 Å². The van der Waals surface area contributed by atoms with Crippen LogP contribution in [0.3, 0.4) is 0 Å². The molecule has 8 rings (SSSR count). The van der Waals surface area contributed by atoms with Gasteiger partial charge in [-0.1, -0.05) is 122 Å². The fraction of sp³-hybridized carbons (Fsp3) is 0.240. The first-order valence-corrected chi connectivity index (χ1v) is 20.9. The van der Waals surface area contributed by atoms with Crippen molar-refractivity contribution in [1.29, 1.82) is 0 Å². The zero-order chi connectivity index (χ0) is 43.2. The summed E-state index contributed by atoms with van der Waals surface area (Å²) in [5, 5.41) is 34.6. The Labute approximate surface area is 360 Å². The summed E-state index contributed by atoms with van der Waals surface area (Å²) in [7, 11) is 0. The van der Waals surface area contributed by atoms with Gasteiger partial charge in [-0.3, -0.25) is 19.2 Å². The number of aliphatic hydroxyl groups is 2. The molecule has 0 aliphatic carbocycles. The maximum absolute atomic E-state index is 14.7. The summed E-state index contributed by atoms with van der Waals surface area (Å²) in [5.41, 5.74) is 4.81. The predicted molar refractivity (Wildman–Crippen MR) is 239 cm³/mol. The maximum atomic E-state index is 14.7. The first kappa shape index (κ1) is 41.7. The highest BCUT2D eigenvalue weighted by Crippen LogP contribution is 2.47. The van der Waals surface area contributed by atoms with E-state index in [0.29, 0.717) is 48.4 Å². The van der Waals surface area contributed by atoms with Crippen LogP contribution in [0, 0.1) is 5.92 Å². The molecule has 2 N–H and O–H groups in total. The van der Waals surface area contributed by atoms with E-state index < -0.39 is 17.4 Å². The third-order valence-corrected chi connectivity index (χ3v) is 11.6. The molecule has 0 bridgehead atoms. The number of anilines is 3. The van der Waals surface area contributed by atoms with E-state index in [4.69, 9.17) is 5.10 Å². The van der Waals surface area contributed by atoms with E-state index >= 15 is 0 Å². The molecular formula is C50H48N6O6. The van der Waals surface area contributed by atoms with Crippen molar-refractivity contribution < 1.29 is 29.4 Å². The van der Waals surface area contributed by atoms with Gasteiger partial charge in [0.05, 0.1) is 41.6 Å². The van der Waals surface area contributed by atoms with E-state index in [1.807, 2.05) is 103 Å². The molecule has 314 valence electrons. The van der Waals surface area contributed by atoms with Gasteiger partial charge in [0, 0.05) is 56.7 Å². The smallest absolute Gasteiger partial charge is 0.264 e. The van der Waals surface area contributed by atoms with Crippen molar-refractivity contribution in [1.82, 2.24) is 4.90 Å². The van der Waals surface area contributed by atoms with Crippen molar-refractivity contribution >= 4 is 52.1 Å². The minimum atomic E-state index is -2.08. The molecule has 3 aliphatic heterocycles. The zero-order valence-corrected chi connectivity index (χ0v) is 34.5. The van der Waals surface area contributed by atoms with Crippen LogP contribution in [0.2, 0.25) is 0 Å². The molecule has 12 nitrogen and oxygen atoms in total. The number of nitrogens with zero attached hydrogens (tertiary/aromatic N) is 6. The normalized spacial score (nSPS) is 18.2.